The van der Waals surface area contributed by atoms with Crippen molar-refractivity contribution >= 4 is 210 Å². The molecule has 0 N–H and O–H groups in total. The third kappa shape index (κ3) is 12.5. The molecule has 18 rings (SSSR count). The van der Waals surface area contributed by atoms with Crippen LogP contribution in [0.2, 0.25) is 0 Å². The Labute approximate surface area is 630 Å². The molecule has 0 saturated heterocycles. The fourth-order valence-electron chi connectivity index (χ4n) is 13.9. The molecule has 96 heavy (non-hydrogen) atoms. The van der Waals surface area contributed by atoms with E-state index in [0.717, 1.165) is 127 Å². The summed E-state index contributed by atoms with van der Waals surface area (Å²) in [6.45, 7) is 12.9. The van der Waals surface area contributed by atoms with Crippen molar-refractivity contribution in [3.63, 3.8) is 0 Å². The second-order valence-electron chi connectivity index (χ2n) is 23.3. The second kappa shape index (κ2) is 27.8. The standard InChI is InChI=1S/C38H27N5O.C38H25N5O.4ClH.2K.2Pt/c2*1-22-17-23(2)35(24(3)18-22)34-21-41-38-31-20-26(11-13-29(31)36-33(43(34)38)9-6-14-39-36)44-25-10-12-27-28-7-4-5-8-32(28)42-16-15-40-37(42)30(27)19-25;;;;;;;;/h4-21H,1-3H3;4-18,21H,1-3H3;4*1H;;;;/q;-2;;;;;;;+2;+4/p-4. The Balaban J connectivity index is 0.000000149. The summed E-state index contributed by atoms with van der Waals surface area (Å²) in [6, 6.07) is 61.4. The third-order valence-electron chi connectivity index (χ3n) is 17.3. The SMILES string of the molecule is Cc1cc(C)c(-c2cnc3c4[c-]c(Oc5[c-]c6c(cc5)c5ccccc5n5ccnc65)ccc4c4ncccc4n23)c(C)c1.Cc1cc(C)c(-c2cnc3c4cc(Oc5ccc6c7ccccc7n7ccnc7c6c5)ccc4c4ncccc4n23)c(C)c1.[Cl][Pt]([Cl])([Cl])[Cl].[K][K].[Pt+2]. The number of aromatic nitrogens is 10. The van der Waals surface area contributed by atoms with E-state index in [1.807, 2.05) is 92.0 Å². The zero-order valence-corrected chi connectivity index (χ0v) is 66.9. The maximum atomic E-state index is 6.54. The summed E-state index contributed by atoms with van der Waals surface area (Å²) in [5.41, 5.74) is 21.4. The molecule has 20 heteroatoms. The monoisotopic (exact) mass is 1740 g/mol. The minimum atomic E-state index is -3.06. The summed E-state index contributed by atoms with van der Waals surface area (Å²) < 4.78 is 21.7. The molecule has 12 nitrogen and oxygen atoms in total. The number of ether oxygens (including phenoxy) is 2. The molecule has 0 amide bonds. The molecule has 0 aliphatic heterocycles. The first-order chi connectivity index (χ1) is 46.1. The van der Waals surface area contributed by atoms with Gasteiger partial charge in [-0.25, -0.2) is 9.97 Å². The molecule has 0 radical (unpaired) electrons. The molecule has 8 aromatic carbocycles. The van der Waals surface area contributed by atoms with Gasteiger partial charge in [-0.05, 0) is 147 Å². The normalized spacial score (nSPS) is 11.9. The smallest absolute Gasteiger partial charge is 2.00 e. The topological polar surface area (TPSA) is 113 Å². The van der Waals surface area contributed by atoms with Crippen LogP contribution in [-0.2, 0) is 33.0 Å². The first-order valence-electron chi connectivity index (χ1n) is 30.9. The van der Waals surface area contributed by atoms with Crippen LogP contribution in [0.25, 0.3) is 132 Å². The minimum Gasteiger partial charge on any atom is 2.00 e. The summed E-state index contributed by atoms with van der Waals surface area (Å²) in [7, 11) is 20.0. The van der Waals surface area contributed by atoms with Crippen LogP contribution in [0.5, 0.6) is 23.0 Å². The number of nitrogens with zero attached hydrogens (tertiary/aromatic N) is 10. The summed E-state index contributed by atoms with van der Waals surface area (Å²) >= 11 is -0.556. The van der Waals surface area contributed by atoms with Gasteiger partial charge < -0.3 is 18.3 Å². The summed E-state index contributed by atoms with van der Waals surface area (Å²) in [4.78, 5) is 28.9. The van der Waals surface area contributed by atoms with Crippen molar-refractivity contribution in [1.29, 1.82) is 0 Å². The van der Waals surface area contributed by atoms with Crippen molar-refractivity contribution in [2.24, 2.45) is 0 Å². The molecule has 0 saturated carbocycles. The molecule has 0 bridgehead atoms. The van der Waals surface area contributed by atoms with Gasteiger partial charge in [0.05, 0.1) is 56.5 Å². The van der Waals surface area contributed by atoms with Gasteiger partial charge in [0, 0.05) is 93.1 Å². The zero-order chi connectivity index (χ0) is 65.6. The van der Waals surface area contributed by atoms with Gasteiger partial charge in [0.2, 0.25) is 0 Å². The molecule has 10 aromatic heterocycles. The molecule has 0 atom stereocenters. The van der Waals surface area contributed by atoms with Crippen molar-refractivity contribution in [2.45, 2.75) is 41.5 Å². The minimum absolute atomic E-state index is 0. The van der Waals surface area contributed by atoms with Crippen LogP contribution in [0.4, 0.5) is 0 Å². The summed E-state index contributed by atoms with van der Waals surface area (Å²) in [5, 5.41) is 10.4. The van der Waals surface area contributed by atoms with E-state index in [2.05, 4.69) is 197 Å². The number of hydrogen-bond acceptors (Lipinski definition) is 8. The number of aryl methyl sites for hydroxylation is 6. The number of para-hydroxylation sites is 2. The van der Waals surface area contributed by atoms with Gasteiger partial charge >= 0.3 is 134 Å². The Morgan fingerprint density at radius 1 is 0.385 bits per heavy atom. The molecule has 10 heterocycles. The van der Waals surface area contributed by atoms with E-state index < -0.39 is 11.9 Å². The number of fused-ring (bicyclic) bond motifs is 24. The average Bonchev–Trinajstić information content (AvgIpc) is 1.45. The first kappa shape index (κ1) is 67.5. The number of hydrogen-bond donors (Lipinski definition) is 0. The fourth-order valence-corrected chi connectivity index (χ4v) is 13.9. The maximum absolute atomic E-state index is 6.54. The Morgan fingerprint density at radius 3 is 1.38 bits per heavy atom. The van der Waals surface area contributed by atoms with Crippen molar-refractivity contribution in [3.8, 4) is 45.5 Å². The van der Waals surface area contributed by atoms with Crippen molar-refractivity contribution in [2.75, 3.05) is 0 Å². The fraction of sp³-hybridized carbons (Fsp3) is 0.0789. The van der Waals surface area contributed by atoms with Crippen molar-refractivity contribution in [1.82, 2.24) is 47.5 Å². The van der Waals surface area contributed by atoms with Gasteiger partial charge in [0.25, 0.3) is 0 Å². The summed E-state index contributed by atoms with van der Waals surface area (Å²) in [6.07, 6.45) is 15.3. The van der Waals surface area contributed by atoms with E-state index in [0.29, 0.717) is 11.5 Å². The summed E-state index contributed by atoms with van der Waals surface area (Å²) in [5.74, 6) is 2.67. The van der Waals surface area contributed by atoms with Crippen LogP contribution in [0, 0.1) is 53.7 Å². The largest absolute Gasteiger partial charge is 2.00 e. The van der Waals surface area contributed by atoms with Crippen LogP contribution in [0.15, 0.2) is 207 Å². The zero-order valence-electron chi connectivity index (χ0n) is 53.1. The molecule has 0 aliphatic carbocycles. The van der Waals surface area contributed by atoms with Crippen LogP contribution in [0.3, 0.4) is 0 Å². The predicted molar refractivity (Wildman–Crippen MR) is 388 cm³/mol. The van der Waals surface area contributed by atoms with Crippen LogP contribution in [-0.4, -0.2) is 111 Å². The van der Waals surface area contributed by atoms with Gasteiger partial charge in [-0.1, -0.05) is 118 Å². The number of rotatable bonds is 6. The third-order valence-corrected chi connectivity index (χ3v) is 17.3. The molecular formula is C76H52Cl4K2N10O2Pt2. The quantitative estimate of drug-likeness (QED) is 0.0919. The molecule has 18 aromatic rings. The van der Waals surface area contributed by atoms with Crippen molar-refractivity contribution in [3.05, 3.63) is 253 Å². The van der Waals surface area contributed by atoms with Gasteiger partial charge in [-0.2, -0.15) is 0 Å². The van der Waals surface area contributed by atoms with Gasteiger partial charge in [0.15, 0.2) is 0 Å². The maximum Gasteiger partial charge on any atom is 2.00 e. The van der Waals surface area contributed by atoms with Crippen LogP contribution < -0.4 is 9.47 Å². The molecule has 0 unspecified atom stereocenters. The predicted octanol–water partition coefficient (Wildman–Crippen LogP) is 20.3. The van der Waals surface area contributed by atoms with Gasteiger partial charge in [-0.3, -0.25) is 28.7 Å². The van der Waals surface area contributed by atoms with Crippen LogP contribution >= 0.6 is 37.7 Å². The number of imidazole rings is 4. The van der Waals surface area contributed by atoms with Gasteiger partial charge in [-0.15, -0.1) is 12.1 Å². The Hall–Kier alpha value is -5.69. The molecule has 0 spiro atoms. The Morgan fingerprint density at radius 2 is 0.812 bits per heavy atom. The number of benzene rings is 8. The first-order valence-corrected chi connectivity index (χ1v) is 58.1. The van der Waals surface area contributed by atoms with E-state index in [1.54, 1.807) is 0 Å². The molecule has 0 aliphatic rings. The van der Waals surface area contributed by atoms with E-state index in [1.165, 1.54) is 113 Å². The number of halogens is 4. The van der Waals surface area contributed by atoms with Crippen LogP contribution in [0.1, 0.15) is 33.4 Å². The van der Waals surface area contributed by atoms with Crippen molar-refractivity contribution < 1.29 is 42.4 Å². The molecule has 468 valence electrons. The van der Waals surface area contributed by atoms with E-state index in [4.69, 9.17) is 67.1 Å². The van der Waals surface area contributed by atoms with E-state index >= 15 is 0 Å². The van der Waals surface area contributed by atoms with E-state index in [-0.39, 0.29) is 21.1 Å². The molecule has 0 fully saturated rings. The average molecular weight is 1750 g/mol. The van der Waals surface area contributed by atoms with Gasteiger partial charge in [0.1, 0.15) is 22.8 Å². The Kier molecular flexibility index (Phi) is 19.5. The number of pyridine rings is 6. The second-order valence-corrected chi connectivity index (χ2v) is 43.0. The Bertz CT molecular complexity index is 5730. The molecular weight excluding hydrogens is 1700 g/mol. The van der Waals surface area contributed by atoms with E-state index in [9.17, 15) is 0 Å².